The van der Waals surface area contributed by atoms with Crippen molar-refractivity contribution in [3.63, 3.8) is 0 Å². The maximum Gasteiger partial charge on any atom is 0.257 e. The number of nitrogens with zero attached hydrogens (tertiary/aromatic N) is 1. The number of nitrogens with one attached hydrogen (secondary N) is 2. The van der Waals surface area contributed by atoms with Crippen LogP contribution in [-0.2, 0) is 0 Å². The Balaban J connectivity index is 1.95. The lowest BCUT2D eigenvalue weighted by molar-refractivity contribution is 0.102. The molecule has 0 aliphatic carbocycles. The first-order valence-electron chi connectivity index (χ1n) is 6.45. The molecule has 0 aliphatic rings. The Labute approximate surface area is 116 Å². The fraction of sp³-hybridized carbons (Fsp3) is 0.125. The molecule has 1 heterocycles. The number of aromatic nitrogens is 2. The highest BCUT2D eigenvalue weighted by Gasteiger charge is 2.12. The van der Waals surface area contributed by atoms with Crippen LogP contribution in [0.1, 0.15) is 21.5 Å². The van der Waals surface area contributed by atoms with E-state index in [1.165, 1.54) is 0 Å². The number of H-pyrrole nitrogens is 1. The summed E-state index contributed by atoms with van der Waals surface area (Å²) >= 11 is 0. The van der Waals surface area contributed by atoms with Gasteiger partial charge >= 0.3 is 0 Å². The van der Waals surface area contributed by atoms with E-state index in [4.69, 9.17) is 0 Å². The molecule has 0 spiro atoms. The summed E-state index contributed by atoms with van der Waals surface area (Å²) in [6.45, 7) is 4.02. The van der Waals surface area contributed by atoms with Gasteiger partial charge in [-0.05, 0) is 49.2 Å². The maximum absolute atomic E-state index is 12.4. The van der Waals surface area contributed by atoms with Gasteiger partial charge in [-0.1, -0.05) is 12.1 Å². The molecule has 0 atom stereocenters. The van der Waals surface area contributed by atoms with Crippen molar-refractivity contribution in [2.75, 3.05) is 5.32 Å². The van der Waals surface area contributed by atoms with Gasteiger partial charge in [-0.2, -0.15) is 0 Å². The number of benzene rings is 2. The number of rotatable bonds is 2. The predicted octanol–water partition coefficient (Wildman–Crippen LogP) is 3.43. The van der Waals surface area contributed by atoms with Gasteiger partial charge in [0.05, 0.1) is 17.4 Å². The predicted molar refractivity (Wildman–Crippen MR) is 80.0 cm³/mol. The molecule has 0 bridgehead atoms. The molecule has 0 unspecified atom stereocenters. The van der Waals surface area contributed by atoms with E-state index in [2.05, 4.69) is 21.4 Å². The van der Waals surface area contributed by atoms with Gasteiger partial charge in [-0.15, -0.1) is 0 Å². The van der Waals surface area contributed by atoms with Crippen LogP contribution in [-0.4, -0.2) is 15.9 Å². The highest BCUT2D eigenvalue weighted by atomic mass is 16.1. The van der Waals surface area contributed by atoms with E-state index >= 15 is 0 Å². The molecule has 0 saturated heterocycles. The summed E-state index contributed by atoms with van der Waals surface area (Å²) in [5.74, 6) is -0.146. The Bertz CT molecular complexity index is 769. The number of imidazole rings is 1. The second-order valence-electron chi connectivity index (χ2n) is 4.93. The fourth-order valence-electron chi connectivity index (χ4n) is 2.39. The van der Waals surface area contributed by atoms with Crippen LogP contribution in [0.15, 0.2) is 42.7 Å². The van der Waals surface area contributed by atoms with Crippen LogP contribution in [0.5, 0.6) is 0 Å². The minimum absolute atomic E-state index is 0.146. The molecular weight excluding hydrogens is 250 g/mol. The van der Waals surface area contributed by atoms with E-state index in [0.29, 0.717) is 11.1 Å². The van der Waals surface area contributed by atoms with Crippen LogP contribution in [0.3, 0.4) is 0 Å². The maximum atomic E-state index is 12.4. The highest BCUT2D eigenvalue weighted by molar-refractivity contribution is 6.11. The average molecular weight is 265 g/mol. The average Bonchev–Trinajstić information content (AvgIpc) is 2.85. The number of carbonyl (C=O) groups excluding carboxylic acids is 1. The van der Waals surface area contributed by atoms with Crippen LogP contribution in [0.25, 0.3) is 11.0 Å². The lowest BCUT2D eigenvalue weighted by atomic mass is 10.1. The third kappa shape index (κ3) is 2.28. The van der Waals surface area contributed by atoms with Crippen molar-refractivity contribution in [3.8, 4) is 0 Å². The molecule has 1 amide bonds. The van der Waals surface area contributed by atoms with E-state index in [9.17, 15) is 4.79 Å². The molecule has 3 rings (SSSR count). The molecule has 0 fully saturated rings. The van der Waals surface area contributed by atoms with Gasteiger partial charge in [0.25, 0.3) is 5.91 Å². The van der Waals surface area contributed by atoms with Gasteiger partial charge in [0.2, 0.25) is 0 Å². The highest BCUT2D eigenvalue weighted by Crippen LogP contribution is 2.18. The number of fused-ring (bicyclic) bond motifs is 1. The molecule has 4 heteroatoms. The lowest BCUT2D eigenvalue weighted by Crippen LogP contribution is -2.12. The third-order valence-electron chi connectivity index (χ3n) is 3.17. The van der Waals surface area contributed by atoms with Crippen LogP contribution >= 0.6 is 0 Å². The number of anilines is 1. The largest absolute Gasteiger partial charge is 0.345 e. The van der Waals surface area contributed by atoms with Crippen molar-refractivity contribution in [2.24, 2.45) is 0 Å². The standard InChI is InChI=1S/C16H15N3O/c1-10-6-11(2)8-12(7-10)19-16(20)13-4-3-5-14-15(13)18-9-17-14/h3-9H,1-2H3,(H,17,18)(H,19,20). The summed E-state index contributed by atoms with van der Waals surface area (Å²) in [4.78, 5) is 19.6. The number of para-hydroxylation sites is 1. The van der Waals surface area contributed by atoms with Gasteiger partial charge in [-0.25, -0.2) is 4.98 Å². The number of hydrogen-bond acceptors (Lipinski definition) is 2. The van der Waals surface area contributed by atoms with Crippen LogP contribution in [0.4, 0.5) is 5.69 Å². The van der Waals surface area contributed by atoms with E-state index < -0.39 is 0 Å². The van der Waals surface area contributed by atoms with E-state index in [1.807, 2.05) is 38.1 Å². The number of carbonyl (C=O) groups is 1. The van der Waals surface area contributed by atoms with Gasteiger partial charge in [0, 0.05) is 5.69 Å². The van der Waals surface area contributed by atoms with Crippen molar-refractivity contribution < 1.29 is 4.79 Å². The van der Waals surface area contributed by atoms with Crippen LogP contribution in [0, 0.1) is 13.8 Å². The summed E-state index contributed by atoms with van der Waals surface area (Å²) in [6, 6.07) is 11.5. The third-order valence-corrected chi connectivity index (χ3v) is 3.17. The SMILES string of the molecule is Cc1cc(C)cc(NC(=O)c2cccc3[nH]cnc23)c1. The number of aromatic amines is 1. The lowest BCUT2D eigenvalue weighted by Gasteiger charge is -2.08. The molecule has 0 radical (unpaired) electrons. The Hall–Kier alpha value is -2.62. The van der Waals surface area contributed by atoms with Crippen LogP contribution in [0.2, 0.25) is 0 Å². The van der Waals surface area contributed by atoms with E-state index in [-0.39, 0.29) is 5.91 Å². The zero-order valence-electron chi connectivity index (χ0n) is 11.4. The minimum Gasteiger partial charge on any atom is -0.345 e. The van der Waals surface area contributed by atoms with Crippen molar-refractivity contribution in [1.29, 1.82) is 0 Å². The smallest absolute Gasteiger partial charge is 0.257 e. The first kappa shape index (κ1) is 12.4. The molecule has 0 saturated carbocycles. The molecule has 0 aliphatic heterocycles. The molecule has 4 nitrogen and oxygen atoms in total. The van der Waals surface area contributed by atoms with Gasteiger partial charge in [0.1, 0.15) is 5.52 Å². The Morgan fingerprint density at radius 2 is 1.90 bits per heavy atom. The van der Waals surface area contributed by atoms with E-state index in [0.717, 1.165) is 22.3 Å². The van der Waals surface area contributed by atoms with Crippen molar-refractivity contribution >= 4 is 22.6 Å². The van der Waals surface area contributed by atoms with Crippen molar-refractivity contribution in [3.05, 3.63) is 59.4 Å². The zero-order chi connectivity index (χ0) is 14.1. The van der Waals surface area contributed by atoms with Gasteiger partial charge in [0.15, 0.2) is 0 Å². The molecule has 2 N–H and O–H groups in total. The molecule has 20 heavy (non-hydrogen) atoms. The number of aryl methyl sites for hydroxylation is 2. The summed E-state index contributed by atoms with van der Waals surface area (Å²) in [5.41, 5.74) is 5.17. The summed E-state index contributed by atoms with van der Waals surface area (Å²) in [6.07, 6.45) is 1.60. The topological polar surface area (TPSA) is 57.8 Å². The molecule has 1 aromatic heterocycles. The summed E-state index contributed by atoms with van der Waals surface area (Å²) in [7, 11) is 0. The Morgan fingerprint density at radius 3 is 2.65 bits per heavy atom. The number of amides is 1. The fourth-order valence-corrected chi connectivity index (χ4v) is 2.39. The van der Waals surface area contributed by atoms with Crippen molar-refractivity contribution in [2.45, 2.75) is 13.8 Å². The first-order chi connectivity index (χ1) is 9.63. The second kappa shape index (κ2) is 4.81. The summed E-state index contributed by atoms with van der Waals surface area (Å²) < 4.78 is 0. The van der Waals surface area contributed by atoms with E-state index in [1.54, 1.807) is 12.4 Å². The molecule has 100 valence electrons. The zero-order valence-corrected chi connectivity index (χ0v) is 11.4. The minimum atomic E-state index is -0.146. The Morgan fingerprint density at radius 1 is 1.15 bits per heavy atom. The quantitative estimate of drug-likeness (QED) is 0.745. The molecule has 3 aromatic rings. The van der Waals surface area contributed by atoms with Crippen molar-refractivity contribution in [1.82, 2.24) is 9.97 Å². The monoisotopic (exact) mass is 265 g/mol. The van der Waals surface area contributed by atoms with Gasteiger partial charge < -0.3 is 10.3 Å². The Kier molecular flexibility index (Phi) is 2.99. The number of hydrogen-bond donors (Lipinski definition) is 2. The van der Waals surface area contributed by atoms with Gasteiger partial charge in [-0.3, -0.25) is 4.79 Å². The second-order valence-corrected chi connectivity index (χ2v) is 4.93. The first-order valence-corrected chi connectivity index (χ1v) is 6.45. The molecule has 2 aromatic carbocycles. The summed E-state index contributed by atoms with van der Waals surface area (Å²) in [5, 5.41) is 2.93. The molecular formula is C16H15N3O. The normalized spacial score (nSPS) is 10.7. The van der Waals surface area contributed by atoms with Crippen LogP contribution < -0.4 is 5.32 Å².